The van der Waals surface area contributed by atoms with Crippen LogP contribution in [0.1, 0.15) is 98.3 Å². The molecule has 1 amide bonds. The number of hydrogen-bond donors (Lipinski definition) is 3. The van der Waals surface area contributed by atoms with Crippen LogP contribution in [0.4, 0.5) is 0 Å². The maximum atomic E-state index is 13.1. The fourth-order valence-corrected chi connectivity index (χ4v) is 12.0. The van der Waals surface area contributed by atoms with E-state index in [4.69, 9.17) is 0 Å². The lowest BCUT2D eigenvalue weighted by Gasteiger charge is -2.65. The second-order valence-corrected chi connectivity index (χ2v) is 16.3. The van der Waals surface area contributed by atoms with Crippen molar-refractivity contribution in [2.24, 2.45) is 52.3 Å². The van der Waals surface area contributed by atoms with Crippen LogP contribution in [-0.2, 0) is 14.9 Å². The molecule has 0 aromatic rings. The van der Waals surface area contributed by atoms with Gasteiger partial charge in [0.1, 0.15) is 0 Å². The highest BCUT2D eigenvalue weighted by atomic mass is 32.2. The average Bonchev–Trinajstić information content (AvgIpc) is 3.48. The van der Waals surface area contributed by atoms with Gasteiger partial charge in [-0.25, -0.2) is 8.42 Å². The zero-order chi connectivity index (χ0) is 29.2. The van der Waals surface area contributed by atoms with Crippen LogP contribution in [0.5, 0.6) is 0 Å². The molecule has 0 bridgehead atoms. The van der Waals surface area contributed by atoms with Crippen molar-refractivity contribution in [1.29, 1.82) is 0 Å². The summed E-state index contributed by atoms with van der Waals surface area (Å²) in [7, 11) is -4.39. The lowest BCUT2D eigenvalue weighted by molar-refractivity contribution is -0.228. The quantitative estimate of drug-likeness (QED) is 0.390. The van der Waals surface area contributed by atoms with Gasteiger partial charge in [-0.2, -0.15) is 0 Å². The molecule has 5 fully saturated rings. The molecule has 230 valence electrons. The highest BCUT2D eigenvalue weighted by Crippen LogP contribution is 2.69. The average molecular weight is 583 g/mol. The molecule has 1 aliphatic heterocycles. The van der Waals surface area contributed by atoms with Crippen LogP contribution in [0.3, 0.4) is 0 Å². The number of rotatable bonds is 7. The Labute approximate surface area is 241 Å². The smallest absolute Gasteiger partial charge is 0.222 e. The van der Waals surface area contributed by atoms with Gasteiger partial charge in [0.25, 0.3) is 0 Å². The van der Waals surface area contributed by atoms with Gasteiger partial charge in [0.2, 0.25) is 5.91 Å². The van der Waals surface area contributed by atoms with Crippen molar-refractivity contribution < 1.29 is 33.1 Å². The molecule has 0 aromatic carbocycles. The molecule has 4 aliphatic carbocycles. The van der Waals surface area contributed by atoms with Crippen molar-refractivity contribution in [2.75, 3.05) is 12.3 Å². The van der Waals surface area contributed by atoms with Crippen LogP contribution < -0.4 is 0 Å². The van der Waals surface area contributed by atoms with Gasteiger partial charge in [0, 0.05) is 19.0 Å². The monoisotopic (exact) mass is 582 g/mol. The first-order valence-electron chi connectivity index (χ1n) is 16.0. The van der Waals surface area contributed by atoms with E-state index >= 15 is 0 Å². The Balaban J connectivity index is 1.31. The molecule has 0 radical (unpaired) electrons. The number of hydrogen-bond acceptors (Lipinski definition) is 7. The molecular weight excluding hydrogens is 530 g/mol. The van der Waals surface area contributed by atoms with E-state index in [1.54, 1.807) is 4.90 Å². The van der Waals surface area contributed by atoms with E-state index in [2.05, 4.69) is 27.7 Å². The first-order valence-corrected chi connectivity index (χ1v) is 17.6. The Kier molecular flexibility index (Phi) is 8.50. The number of carbonyl (C=O) groups excluding carboxylic acids is 1. The molecule has 13 atom stereocenters. The van der Waals surface area contributed by atoms with Gasteiger partial charge in [-0.1, -0.05) is 34.1 Å². The van der Waals surface area contributed by atoms with Gasteiger partial charge in [0.15, 0.2) is 0 Å². The molecule has 1 heterocycles. The van der Waals surface area contributed by atoms with Crippen molar-refractivity contribution in [3.63, 3.8) is 0 Å². The number of nitrogens with zero attached hydrogens (tertiary/aromatic N) is 1. The molecular formula is C31H52NO7S-. The summed E-state index contributed by atoms with van der Waals surface area (Å²) in [5.74, 6) is 0.920. The maximum absolute atomic E-state index is 13.1. The van der Waals surface area contributed by atoms with E-state index in [9.17, 15) is 33.1 Å². The first-order chi connectivity index (χ1) is 18.7. The summed E-state index contributed by atoms with van der Waals surface area (Å²) in [5.41, 5.74) is -0.306. The predicted octanol–water partition coefficient (Wildman–Crippen LogP) is 3.54. The zero-order valence-electron chi connectivity index (χ0n) is 24.9. The van der Waals surface area contributed by atoms with Gasteiger partial charge >= 0.3 is 0 Å². The Bertz CT molecular complexity index is 1050. The van der Waals surface area contributed by atoms with Gasteiger partial charge < -0.3 is 24.8 Å². The van der Waals surface area contributed by atoms with Crippen LogP contribution in [0.2, 0.25) is 0 Å². The van der Waals surface area contributed by atoms with E-state index in [-0.39, 0.29) is 64.3 Å². The number of likely N-dealkylation sites (tertiary alicyclic amines) is 1. The summed E-state index contributed by atoms with van der Waals surface area (Å²) in [6.07, 6.45) is 7.11. The SMILES string of the molecule is CC[C@H]1[C@@H](O)[C@@H]2[C@H](C[C@H](O)[C@]3(C)[C@@H]([C@H](C)CCC(=O)N4CCC[C@H]4CS(=O)(=O)[O-])CC[C@@H]23)[C@@]2(C)CC[C@@H](O)C[C@@H]12. The minimum Gasteiger partial charge on any atom is -0.748 e. The normalized spacial score (nSPS) is 47.9. The lowest BCUT2D eigenvalue weighted by atomic mass is 9.41. The number of amides is 1. The summed E-state index contributed by atoms with van der Waals surface area (Å²) in [6.45, 7) is 9.46. The van der Waals surface area contributed by atoms with E-state index < -0.39 is 34.1 Å². The zero-order valence-corrected chi connectivity index (χ0v) is 25.7. The van der Waals surface area contributed by atoms with Crippen molar-refractivity contribution >= 4 is 16.0 Å². The van der Waals surface area contributed by atoms with Gasteiger partial charge in [-0.3, -0.25) is 4.79 Å². The molecule has 40 heavy (non-hydrogen) atoms. The first kappa shape index (κ1) is 30.7. The van der Waals surface area contributed by atoms with Gasteiger partial charge in [-0.05, 0) is 110 Å². The maximum Gasteiger partial charge on any atom is 0.222 e. The number of carbonyl (C=O) groups is 1. The molecule has 5 aliphatic rings. The van der Waals surface area contributed by atoms with E-state index in [1.165, 1.54) is 0 Å². The summed E-state index contributed by atoms with van der Waals surface area (Å²) >= 11 is 0. The van der Waals surface area contributed by atoms with E-state index in [1.807, 2.05) is 0 Å². The molecule has 0 unspecified atom stereocenters. The Hall–Kier alpha value is -0.740. The third-order valence-corrected chi connectivity index (χ3v) is 14.0. The molecule has 0 aromatic heterocycles. The third-order valence-electron chi connectivity index (χ3n) is 13.2. The van der Waals surface area contributed by atoms with Gasteiger partial charge in [0.05, 0.1) is 34.2 Å². The van der Waals surface area contributed by atoms with Crippen molar-refractivity contribution in [3.8, 4) is 0 Å². The Morgan fingerprint density at radius 1 is 1.05 bits per heavy atom. The lowest BCUT2D eigenvalue weighted by Crippen LogP contribution is -2.65. The number of fused-ring (bicyclic) bond motifs is 5. The Morgan fingerprint density at radius 3 is 2.45 bits per heavy atom. The van der Waals surface area contributed by atoms with Gasteiger partial charge in [-0.15, -0.1) is 0 Å². The highest BCUT2D eigenvalue weighted by Gasteiger charge is 2.67. The molecule has 5 rings (SSSR count). The highest BCUT2D eigenvalue weighted by molar-refractivity contribution is 7.85. The van der Waals surface area contributed by atoms with Crippen molar-refractivity contribution in [3.05, 3.63) is 0 Å². The standard InChI is InChI=1S/C31H53NO7S/c1-5-21-24-15-20(33)12-13-30(24,3)25-16-26(34)31(4)22(9-10-23(31)28(25)29(21)36)18(2)8-11-27(35)32-14-6-7-19(32)17-40(37,38)39/h18-26,28-29,33-34,36H,5-17H2,1-4H3,(H,37,38,39)/p-1/t18-,19+,20-,21-,22-,23+,24+,25+,26+,28+,29-,30+,31-/m1/s1. The number of aliphatic hydroxyl groups excluding tert-OH is 3. The second-order valence-electron chi connectivity index (χ2n) is 14.8. The summed E-state index contributed by atoms with van der Waals surface area (Å²) in [6, 6.07) is -0.513. The topological polar surface area (TPSA) is 138 Å². The number of aliphatic hydroxyl groups is 3. The summed E-state index contributed by atoms with van der Waals surface area (Å²) < 4.78 is 34.0. The molecule has 3 N–H and O–H groups in total. The van der Waals surface area contributed by atoms with Crippen molar-refractivity contribution in [1.82, 2.24) is 4.90 Å². The summed E-state index contributed by atoms with van der Waals surface area (Å²) in [5, 5.41) is 34.3. The summed E-state index contributed by atoms with van der Waals surface area (Å²) in [4.78, 5) is 14.7. The molecule has 9 heteroatoms. The minimum atomic E-state index is -4.39. The Morgan fingerprint density at radius 2 is 1.77 bits per heavy atom. The molecule has 8 nitrogen and oxygen atoms in total. The minimum absolute atomic E-state index is 0.0199. The van der Waals surface area contributed by atoms with E-state index in [0.717, 1.165) is 44.9 Å². The van der Waals surface area contributed by atoms with E-state index in [0.29, 0.717) is 32.2 Å². The van der Waals surface area contributed by atoms with Crippen LogP contribution in [0, 0.1) is 52.3 Å². The molecule has 0 spiro atoms. The molecule has 1 saturated heterocycles. The van der Waals surface area contributed by atoms with Crippen molar-refractivity contribution in [2.45, 2.75) is 123 Å². The van der Waals surface area contributed by atoms with Crippen LogP contribution in [0.25, 0.3) is 0 Å². The fraction of sp³-hybridized carbons (Fsp3) is 0.968. The van der Waals surface area contributed by atoms with Crippen LogP contribution in [0.15, 0.2) is 0 Å². The fourth-order valence-electron chi connectivity index (χ4n) is 11.2. The second kappa shape index (κ2) is 11.1. The molecule has 4 saturated carbocycles. The predicted molar refractivity (Wildman–Crippen MR) is 151 cm³/mol. The van der Waals surface area contributed by atoms with Crippen LogP contribution in [-0.4, -0.2) is 75.7 Å². The third kappa shape index (κ3) is 5.07. The van der Waals surface area contributed by atoms with Crippen LogP contribution >= 0.6 is 0 Å². The largest absolute Gasteiger partial charge is 0.748 e.